The van der Waals surface area contributed by atoms with Crippen LogP contribution in [0, 0.1) is 18.3 Å². The van der Waals surface area contributed by atoms with Gasteiger partial charge in [-0.15, -0.1) is 0 Å². The summed E-state index contributed by atoms with van der Waals surface area (Å²) < 4.78 is 0. The molecule has 128 valence electrons. The summed E-state index contributed by atoms with van der Waals surface area (Å²) in [6, 6.07) is 14.6. The van der Waals surface area contributed by atoms with Gasteiger partial charge in [0.15, 0.2) is 0 Å². The first-order valence-corrected chi connectivity index (χ1v) is 7.94. The van der Waals surface area contributed by atoms with Crippen molar-refractivity contribution in [3.8, 4) is 6.07 Å². The van der Waals surface area contributed by atoms with Crippen molar-refractivity contribution < 1.29 is 14.7 Å². The summed E-state index contributed by atoms with van der Waals surface area (Å²) in [6.45, 7) is 2.38. The molecule has 1 amide bonds. The molecule has 0 aliphatic rings. The third kappa shape index (κ3) is 5.15. The molecule has 2 aromatic rings. The average molecular weight is 337 g/mol. The van der Waals surface area contributed by atoms with Gasteiger partial charge in [0.25, 0.3) is 5.91 Å². The Morgan fingerprint density at radius 3 is 2.52 bits per heavy atom. The van der Waals surface area contributed by atoms with E-state index in [0.29, 0.717) is 30.8 Å². The van der Waals surface area contributed by atoms with Gasteiger partial charge < -0.3 is 10.0 Å². The molecule has 25 heavy (non-hydrogen) atoms. The third-order valence-electron chi connectivity index (χ3n) is 3.75. The number of carbonyl (C=O) groups is 2. The number of benzene rings is 1. The number of aryl methyl sites for hydroxylation is 1. The highest BCUT2D eigenvalue weighted by atomic mass is 16.4. The van der Waals surface area contributed by atoms with Crippen molar-refractivity contribution in [3.63, 3.8) is 0 Å². The number of amides is 1. The van der Waals surface area contributed by atoms with E-state index in [4.69, 9.17) is 10.4 Å². The topological polar surface area (TPSA) is 94.3 Å². The summed E-state index contributed by atoms with van der Waals surface area (Å²) in [5.41, 5.74) is 2.13. The maximum absolute atomic E-state index is 12.8. The number of aliphatic carboxylic acids is 1. The first kappa shape index (κ1) is 18.1. The molecule has 2 rings (SSSR count). The summed E-state index contributed by atoms with van der Waals surface area (Å²) in [4.78, 5) is 29.4. The minimum absolute atomic E-state index is 0.00159. The van der Waals surface area contributed by atoms with Gasteiger partial charge in [-0.2, -0.15) is 5.26 Å². The van der Waals surface area contributed by atoms with E-state index in [0.717, 1.165) is 5.56 Å². The second-order valence-electron chi connectivity index (χ2n) is 5.65. The van der Waals surface area contributed by atoms with E-state index in [9.17, 15) is 9.59 Å². The van der Waals surface area contributed by atoms with Crippen LogP contribution >= 0.6 is 0 Å². The highest BCUT2D eigenvalue weighted by Gasteiger charge is 2.18. The summed E-state index contributed by atoms with van der Waals surface area (Å²) in [5.74, 6) is -1.17. The number of nitrogens with zero attached hydrogens (tertiary/aromatic N) is 3. The predicted octanol–water partition coefficient (Wildman–Crippen LogP) is 2.77. The number of hydrogen-bond acceptors (Lipinski definition) is 4. The van der Waals surface area contributed by atoms with E-state index in [1.807, 2.05) is 36.4 Å². The lowest BCUT2D eigenvalue weighted by Crippen LogP contribution is -2.32. The van der Waals surface area contributed by atoms with Crippen LogP contribution in [0.1, 0.15) is 40.2 Å². The van der Waals surface area contributed by atoms with Crippen LogP contribution in [-0.4, -0.2) is 33.4 Å². The van der Waals surface area contributed by atoms with E-state index in [1.165, 1.54) is 6.07 Å². The lowest BCUT2D eigenvalue weighted by atomic mass is 10.1. The van der Waals surface area contributed by atoms with Gasteiger partial charge in [0.05, 0.1) is 11.3 Å². The highest BCUT2D eigenvalue weighted by molar-refractivity contribution is 5.92. The molecule has 1 heterocycles. The fraction of sp³-hybridized carbons (Fsp3) is 0.263. The predicted molar refractivity (Wildman–Crippen MR) is 91.7 cm³/mol. The lowest BCUT2D eigenvalue weighted by molar-refractivity contribution is -0.137. The van der Waals surface area contributed by atoms with Crippen molar-refractivity contribution in [2.75, 3.05) is 6.54 Å². The van der Waals surface area contributed by atoms with E-state index in [-0.39, 0.29) is 18.0 Å². The van der Waals surface area contributed by atoms with Gasteiger partial charge in [-0.1, -0.05) is 30.3 Å². The van der Waals surface area contributed by atoms with Gasteiger partial charge >= 0.3 is 5.97 Å². The minimum atomic E-state index is -0.889. The Balaban J connectivity index is 2.20. The van der Waals surface area contributed by atoms with Gasteiger partial charge in [0.1, 0.15) is 11.8 Å². The Kier molecular flexibility index (Phi) is 6.24. The summed E-state index contributed by atoms with van der Waals surface area (Å²) in [7, 11) is 0. The fourth-order valence-electron chi connectivity index (χ4n) is 2.44. The van der Waals surface area contributed by atoms with Crippen molar-refractivity contribution in [2.24, 2.45) is 0 Å². The minimum Gasteiger partial charge on any atom is -0.481 e. The van der Waals surface area contributed by atoms with Crippen LogP contribution in [0.15, 0.2) is 42.5 Å². The van der Waals surface area contributed by atoms with Gasteiger partial charge in [-0.25, -0.2) is 4.98 Å². The van der Waals surface area contributed by atoms with Crippen LogP contribution in [0.25, 0.3) is 0 Å². The van der Waals surface area contributed by atoms with Gasteiger partial charge in [-0.05, 0) is 31.0 Å². The van der Waals surface area contributed by atoms with Crippen molar-refractivity contribution >= 4 is 11.9 Å². The standard InChI is InChI=1S/C19H19N3O3/c1-14-16(12-20)9-10-17(21-14)19(25)22(11-5-8-18(23)24)13-15-6-3-2-4-7-15/h2-4,6-7,9-10H,5,8,11,13H2,1H3,(H,23,24). The second kappa shape index (κ2) is 8.60. The maximum atomic E-state index is 12.8. The molecule has 0 radical (unpaired) electrons. The molecule has 0 saturated carbocycles. The molecular weight excluding hydrogens is 318 g/mol. The lowest BCUT2D eigenvalue weighted by Gasteiger charge is -2.22. The molecule has 6 heteroatoms. The van der Waals surface area contributed by atoms with E-state index in [1.54, 1.807) is 17.9 Å². The number of carboxylic acids is 1. The van der Waals surface area contributed by atoms with Crippen LogP contribution in [0.3, 0.4) is 0 Å². The van der Waals surface area contributed by atoms with Gasteiger partial charge in [-0.3, -0.25) is 9.59 Å². The molecule has 0 saturated heterocycles. The molecule has 0 aliphatic heterocycles. The van der Waals surface area contributed by atoms with Crippen LogP contribution in [0.4, 0.5) is 0 Å². The van der Waals surface area contributed by atoms with E-state index < -0.39 is 5.97 Å². The maximum Gasteiger partial charge on any atom is 0.303 e. The second-order valence-corrected chi connectivity index (χ2v) is 5.65. The molecule has 1 aromatic heterocycles. The Bertz CT molecular complexity index is 797. The van der Waals surface area contributed by atoms with Crippen LogP contribution in [0.5, 0.6) is 0 Å². The zero-order valence-electron chi connectivity index (χ0n) is 14.0. The summed E-state index contributed by atoms with van der Waals surface area (Å²) >= 11 is 0. The molecule has 0 atom stereocenters. The quantitative estimate of drug-likeness (QED) is 0.838. The monoisotopic (exact) mass is 337 g/mol. The Morgan fingerprint density at radius 2 is 1.92 bits per heavy atom. The molecule has 0 unspecified atom stereocenters. The highest BCUT2D eigenvalue weighted by Crippen LogP contribution is 2.12. The zero-order valence-corrected chi connectivity index (χ0v) is 14.0. The third-order valence-corrected chi connectivity index (χ3v) is 3.75. The molecule has 0 fully saturated rings. The van der Waals surface area contributed by atoms with Crippen molar-refractivity contribution in [1.29, 1.82) is 5.26 Å². The molecular formula is C19H19N3O3. The summed E-state index contributed by atoms with van der Waals surface area (Å²) in [6.07, 6.45) is 0.363. The largest absolute Gasteiger partial charge is 0.481 e. The van der Waals surface area contributed by atoms with Gasteiger partial charge in [0.2, 0.25) is 0 Å². The molecule has 1 N–H and O–H groups in total. The van der Waals surface area contributed by atoms with Crippen LogP contribution < -0.4 is 0 Å². The Hall–Kier alpha value is -3.20. The van der Waals surface area contributed by atoms with E-state index >= 15 is 0 Å². The Labute approximate surface area is 146 Å². The first-order chi connectivity index (χ1) is 12.0. The summed E-state index contributed by atoms with van der Waals surface area (Å²) in [5, 5.41) is 17.8. The van der Waals surface area contributed by atoms with Crippen LogP contribution in [0.2, 0.25) is 0 Å². The number of pyridine rings is 1. The smallest absolute Gasteiger partial charge is 0.303 e. The van der Waals surface area contributed by atoms with Crippen molar-refractivity contribution in [1.82, 2.24) is 9.88 Å². The first-order valence-electron chi connectivity index (χ1n) is 7.94. The van der Waals surface area contributed by atoms with Crippen molar-refractivity contribution in [2.45, 2.75) is 26.3 Å². The van der Waals surface area contributed by atoms with E-state index in [2.05, 4.69) is 4.98 Å². The number of rotatable bonds is 7. The van der Waals surface area contributed by atoms with Gasteiger partial charge in [0, 0.05) is 19.5 Å². The molecule has 6 nitrogen and oxygen atoms in total. The SMILES string of the molecule is Cc1nc(C(=O)N(CCCC(=O)O)Cc2ccccc2)ccc1C#N. The zero-order chi connectivity index (χ0) is 18.2. The molecule has 1 aromatic carbocycles. The van der Waals surface area contributed by atoms with Crippen LogP contribution in [-0.2, 0) is 11.3 Å². The number of nitriles is 1. The number of carbonyl (C=O) groups excluding carboxylic acids is 1. The molecule has 0 aliphatic carbocycles. The Morgan fingerprint density at radius 1 is 1.20 bits per heavy atom. The normalized spacial score (nSPS) is 10.1. The molecule has 0 bridgehead atoms. The fourth-order valence-corrected chi connectivity index (χ4v) is 2.44. The number of carboxylic acid groups (broad SMARTS) is 1. The van der Waals surface area contributed by atoms with Crippen molar-refractivity contribution in [3.05, 3.63) is 65.0 Å². The number of hydrogen-bond donors (Lipinski definition) is 1. The molecule has 0 spiro atoms. The number of aromatic nitrogens is 1. The average Bonchev–Trinajstić information content (AvgIpc) is 2.60.